The highest BCUT2D eigenvalue weighted by molar-refractivity contribution is 5.38. The normalized spacial score (nSPS) is 14.1. The Labute approximate surface area is 122 Å². The molecule has 0 bridgehead atoms. The fraction of sp³-hybridized carbons (Fsp3) is 0.368. The molecule has 2 unspecified atom stereocenters. The molecule has 106 valence electrons. The van der Waals surface area contributed by atoms with Gasteiger partial charge in [-0.3, -0.25) is 0 Å². The van der Waals surface area contributed by atoms with E-state index < -0.39 is 6.10 Å². The van der Waals surface area contributed by atoms with Gasteiger partial charge in [0.15, 0.2) is 0 Å². The van der Waals surface area contributed by atoms with Crippen LogP contribution in [-0.2, 0) is 0 Å². The van der Waals surface area contributed by atoms with Crippen LogP contribution in [0.25, 0.3) is 0 Å². The van der Waals surface area contributed by atoms with E-state index in [9.17, 15) is 5.11 Å². The molecule has 0 fully saturated rings. The highest BCUT2D eigenvalue weighted by Crippen LogP contribution is 2.27. The van der Waals surface area contributed by atoms with Crippen molar-refractivity contribution in [3.63, 3.8) is 0 Å². The van der Waals surface area contributed by atoms with Gasteiger partial charge in [0.05, 0.1) is 0 Å². The second kappa shape index (κ2) is 6.23. The van der Waals surface area contributed by atoms with Crippen LogP contribution in [-0.4, -0.2) is 5.11 Å². The van der Waals surface area contributed by atoms with Crippen molar-refractivity contribution >= 4 is 0 Å². The number of aliphatic hydroxyl groups excluding tert-OH is 1. The van der Waals surface area contributed by atoms with E-state index in [2.05, 4.69) is 52.0 Å². The lowest BCUT2D eigenvalue weighted by atomic mass is 9.93. The summed E-state index contributed by atoms with van der Waals surface area (Å²) >= 11 is 0. The summed E-state index contributed by atoms with van der Waals surface area (Å²) in [5.41, 5.74) is 5.66. The third-order valence-corrected chi connectivity index (χ3v) is 4.15. The first-order valence-corrected chi connectivity index (χ1v) is 7.38. The van der Waals surface area contributed by atoms with Crippen molar-refractivity contribution in [1.29, 1.82) is 0 Å². The summed E-state index contributed by atoms with van der Waals surface area (Å²) < 4.78 is 0. The van der Waals surface area contributed by atoms with Crippen molar-refractivity contribution in [3.8, 4) is 0 Å². The SMILES string of the molecule is CCC(C)c1ccc(C(O)c2ccc(C)cc2C)cc1. The molecular formula is C19H24O. The Morgan fingerprint density at radius 2 is 1.55 bits per heavy atom. The largest absolute Gasteiger partial charge is 0.384 e. The molecule has 0 aromatic heterocycles. The molecule has 2 atom stereocenters. The molecule has 0 saturated carbocycles. The molecule has 0 heterocycles. The lowest BCUT2D eigenvalue weighted by Gasteiger charge is -2.16. The molecule has 0 radical (unpaired) electrons. The molecule has 2 rings (SSSR count). The highest BCUT2D eigenvalue weighted by Gasteiger charge is 2.13. The Balaban J connectivity index is 2.26. The van der Waals surface area contributed by atoms with E-state index in [0.29, 0.717) is 5.92 Å². The fourth-order valence-electron chi connectivity index (χ4n) is 2.55. The van der Waals surface area contributed by atoms with Gasteiger partial charge in [-0.05, 0) is 48.4 Å². The van der Waals surface area contributed by atoms with E-state index in [1.807, 2.05) is 18.2 Å². The van der Waals surface area contributed by atoms with Crippen LogP contribution in [0.3, 0.4) is 0 Å². The lowest BCUT2D eigenvalue weighted by molar-refractivity contribution is 0.219. The summed E-state index contributed by atoms with van der Waals surface area (Å²) in [6, 6.07) is 14.6. The maximum Gasteiger partial charge on any atom is 0.104 e. The Morgan fingerprint density at radius 3 is 2.10 bits per heavy atom. The number of benzene rings is 2. The number of aryl methyl sites for hydroxylation is 2. The van der Waals surface area contributed by atoms with Crippen molar-refractivity contribution in [1.82, 2.24) is 0 Å². The van der Waals surface area contributed by atoms with Gasteiger partial charge in [-0.15, -0.1) is 0 Å². The molecule has 1 nitrogen and oxygen atoms in total. The van der Waals surface area contributed by atoms with Crippen LogP contribution < -0.4 is 0 Å². The van der Waals surface area contributed by atoms with Crippen LogP contribution in [0.2, 0.25) is 0 Å². The number of hydrogen-bond donors (Lipinski definition) is 1. The zero-order valence-electron chi connectivity index (χ0n) is 12.9. The van der Waals surface area contributed by atoms with Crippen LogP contribution in [0, 0.1) is 13.8 Å². The highest BCUT2D eigenvalue weighted by atomic mass is 16.3. The van der Waals surface area contributed by atoms with E-state index in [0.717, 1.165) is 23.1 Å². The average molecular weight is 268 g/mol. The second-order valence-corrected chi connectivity index (χ2v) is 5.74. The van der Waals surface area contributed by atoms with Crippen molar-refractivity contribution < 1.29 is 5.11 Å². The summed E-state index contributed by atoms with van der Waals surface area (Å²) in [5, 5.41) is 10.6. The first-order chi connectivity index (χ1) is 9.52. The molecule has 1 heteroatoms. The molecule has 0 aliphatic carbocycles. The first kappa shape index (κ1) is 14.8. The summed E-state index contributed by atoms with van der Waals surface area (Å²) in [6.45, 7) is 8.56. The Bertz CT molecular complexity index is 569. The van der Waals surface area contributed by atoms with E-state index in [4.69, 9.17) is 0 Å². The number of rotatable bonds is 4. The molecule has 0 saturated heterocycles. The Hall–Kier alpha value is -1.60. The minimum Gasteiger partial charge on any atom is -0.384 e. The number of hydrogen-bond acceptors (Lipinski definition) is 1. The molecule has 0 aliphatic heterocycles. The van der Waals surface area contributed by atoms with Gasteiger partial charge in [0.25, 0.3) is 0 Å². The monoisotopic (exact) mass is 268 g/mol. The van der Waals surface area contributed by atoms with Crippen LogP contribution in [0.1, 0.15) is 60.1 Å². The maximum atomic E-state index is 10.6. The minimum atomic E-state index is -0.540. The molecule has 0 spiro atoms. The molecule has 2 aromatic rings. The van der Waals surface area contributed by atoms with Gasteiger partial charge in [0.2, 0.25) is 0 Å². The standard InChI is InChI=1S/C19H24O/c1-5-14(3)16-7-9-17(10-8-16)19(20)18-11-6-13(2)12-15(18)4/h6-12,14,19-20H,5H2,1-4H3. The second-order valence-electron chi connectivity index (χ2n) is 5.74. The summed E-state index contributed by atoms with van der Waals surface area (Å²) in [6.07, 6.45) is 0.598. The quantitative estimate of drug-likeness (QED) is 0.836. The predicted octanol–water partition coefficient (Wildman–Crippen LogP) is 4.90. The van der Waals surface area contributed by atoms with Gasteiger partial charge in [-0.2, -0.15) is 0 Å². The molecule has 1 N–H and O–H groups in total. The lowest BCUT2D eigenvalue weighted by Crippen LogP contribution is -2.03. The van der Waals surface area contributed by atoms with E-state index in [1.165, 1.54) is 11.1 Å². The van der Waals surface area contributed by atoms with Crippen molar-refractivity contribution in [2.75, 3.05) is 0 Å². The summed E-state index contributed by atoms with van der Waals surface area (Å²) in [4.78, 5) is 0. The maximum absolute atomic E-state index is 10.6. The number of aliphatic hydroxyl groups is 1. The average Bonchev–Trinajstić information content (AvgIpc) is 2.46. The summed E-state index contributed by atoms with van der Waals surface area (Å²) in [5.74, 6) is 0.572. The zero-order chi connectivity index (χ0) is 14.7. The topological polar surface area (TPSA) is 20.2 Å². The van der Waals surface area contributed by atoms with E-state index in [1.54, 1.807) is 0 Å². The van der Waals surface area contributed by atoms with Crippen molar-refractivity contribution in [2.45, 2.75) is 46.1 Å². The van der Waals surface area contributed by atoms with Gasteiger partial charge in [-0.25, -0.2) is 0 Å². The van der Waals surface area contributed by atoms with Crippen LogP contribution in [0.4, 0.5) is 0 Å². The van der Waals surface area contributed by atoms with Gasteiger partial charge < -0.3 is 5.11 Å². The molecule has 2 aromatic carbocycles. The first-order valence-electron chi connectivity index (χ1n) is 7.38. The van der Waals surface area contributed by atoms with E-state index in [-0.39, 0.29) is 0 Å². The predicted molar refractivity (Wildman–Crippen MR) is 85.1 cm³/mol. The van der Waals surface area contributed by atoms with Crippen molar-refractivity contribution in [3.05, 3.63) is 70.3 Å². The molecule has 0 aliphatic rings. The van der Waals surface area contributed by atoms with E-state index >= 15 is 0 Å². The van der Waals surface area contributed by atoms with Gasteiger partial charge in [0.1, 0.15) is 6.10 Å². The third kappa shape index (κ3) is 3.10. The fourth-order valence-corrected chi connectivity index (χ4v) is 2.55. The molecule has 20 heavy (non-hydrogen) atoms. The van der Waals surface area contributed by atoms with Crippen molar-refractivity contribution in [2.24, 2.45) is 0 Å². The zero-order valence-corrected chi connectivity index (χ0v) is 12.9. The Kier molecular flexibility index (Phi) is 4.61. The molecular weight excluding hydrogens is 244 g/mol. The van der Waals surface area contributed by atoms with Crippen LogP contribution >= 0.6 is 0 Å². The van der Waals surface area contributed by atoms with Gasteiger partial charge in [-0.1, -0.05) is 61.9 Å². The minimum absolute atomic E-state index is 0.540. The van der Waals surface area contributed by atoms with Gasteiger partial charge >= 0.3 is 0 Å². The molecule has 0 amide bonds. The van der Waals surface area contributed by atoms with Crippen LogP contribution in [0.15, 0.2) is 42.5 Å². The summed E-state index contributed by atoms with van der Waals surface area (Å²) in [7, 11) is 0. The third-order valence-electron chi connectivity index (χ3n) is 4.15. The Morgan fingerprint density at radius 1 is 0.950 bits per heavy atom. The van der Waals surface area contributed by atoms with Gasteiger partial charge in [0, 0.05) is 0 Å². The van der Waals surface area contributed by atoms with Crippen LogP contribution in [0.5, 0.6) is 0 Å². The smallest absolute Gasteiger partial charge is 0.104 e.